The van der Waals surface area contributed by atoms with Gasteiger partial charge < -0.3 is 19.2 Å². The molecule has 4 nitrogen and oxygen atoms in total. The van der Waals surface area contributed by atoms with Crippen molar-refractivity contribution in [2.75, 3.05) is 19.5 Å². The van der Waals surface area contributed by atoms with Crippen LogP contribution in [0.3, 0.4) is 0 Å². The van der Waals surface area contributed by atoms with E-state index in [4.69, 9.17) is 25.5 Å². The second kappa shape index (κ2) is 8.79. The lowest BCUT2D eigenvalue weighted by atomic mass is 10.2. The van der Waals surface area contributed by atoms with Crippen LogP contribution in [0.4, 0.5) is 14.5 Å². The molecule has 0 aromatic heterocycles. The minimum Gasteiger partial charge on any atom is -0.541 e. The number of halogens is 3. The van der Waals surface area contributed by atoms with E-state index in [2.05, 4.69) is 39.2 Å². The first-order chi connectivity index (χ1) is 13.4. The van der Waals surface area contributed by atoms with Crippen LogP contribution < -0.4 is 19.2 Å². The molecule has 0 unspecified atom stereocenters. The van der Waals surface area contributed by atoms with Gasteiger partial charge in [-0.1, -0.05) is 32.4 Å². The average molecular weight is 444 g/mol. The largest absolute Gasteiger partial charge is 0.541 e. The van der Waals surface area contributed by atoms with Gasteiger partial charge in [0.15, 0.2) is 17.4 Å². The first kappa shape index (κ1) is 23.3. The van der Waals surface area contributed by atoms with Crippen molar-refractivity contribution in [2.24, 2.45) is 0 Å². The van der Waals surface area contributed by atoms with E-state index in [1.165, 1.54) is 13.2 Å². The van der Waals surface area contributed by atoms with Crippen molar-refractivity contribution in [3.8, 4) is 17.2 Å². The Morgan fingerprint density at radius 2 is 1.72 bits per heavy atom. The zero-order valence-corrected chi connectivity index (χ0v) is 19.6. The molecule has 0 aliphatic rings. The molecule has 0 atom stereocenters. The van der Waals surface area contributed by atoms with Gasteiger partial charge in [0.25, 0.3) is 8.32 Å². The Morgan fingerprint density at radius 1 is 1.07 bits per heavy atom. The zero-order chi connectivity index (χ0) is 22.0. The van der Waals surface area contributed by atoms with Gasteiger partial charge in [-0.3, -0.25) is 0 Å². The summed E-state index contributed by atoms with van der Waals surface area (Å²) in [6, 6.07) is 5.76. The maximum atomic E-state index is 14.3. The minimum atomic E-state index is -2.19. The normalized spacial score (nSPS) is 11.9. The van der Waals surface area contributed by atoms with Crippen LogP contribution in [0.25, 0.3) is 0 Å². The van der Waals surface area contributed by atoms with E-state index < -0.39 is 20.0 Å². The summed E-state index contributed by atoms with van der Waals surface area (Å²) in [4.78, 5) is 0. The SMILES string of the molecule is CNc1cc(OCc2c(OC)ccc(F)c2F)c(O[Si](C)(C)C(C)(C)C)cc1Cl. The van der Waals surface area contributed by atoms with Crippen molar-refractivity contribution in [1.82, 2.24) is 0 Å². The van der Waals surface area contributed by atoms with Crippen molar-refractivity contribution in [3.63, 3.8) is 0 Å². The molecule has 0 amide bonds. The molecule has 2 aromatic rings. The molecule has 29 heavy (non-hydrogen) atoms. The number of methoxy groups -OCH3 is 1. The summed E-state index contributed by atoms with van der Waals surface area (Å²) < 4.78 is 45.4. The Balaban J connectivity index is 2.43. The number of ether oxygens (including phenoxy) is 2. The molecule has 0 spiro atoms. The molecule has 2 aromatic carbocycles. The van der Waals surface area contributed by atoms with E-state index in [9.17, 15) is 8.78 Å². The Morgan fingerprint density at radius 3 is 2.28 bits per heavy atom. The Kier molecular flexibility index (Phi) is 7.06. The summed E-state index contributed by atoms with van der Waals surface area (Å²) in [5, 5.41) is 3.41. The van der Waals surface area contributed by atoms with E-state index in [-0.39, 0.29) is 23.0 Å². The molecule has 0 aliphatic heterocycles. The van der Waals surface area contributed by atoms with Crippen LogP contribution in [-0.4, -0.2) is 22.5 Å². The fourth-order valence-electron chi connectivity index (χ4n) is 2.40. The number of rotatable bonds is 7. The molecule has 0 aliphatic carbocycles. The number of benzene rings is 2. The van der Waals surface area contributed by atoms with E-state index in [1.54, 1.807) is 19.2 Å². The van der Waals surface area contributed by atoms with E-state index >= 15 is 0 Å². The number of hydrogen-bond donors (Lipinski definition) is 1. The Hall–Kier alpha value is -1.99. The lowest BCUT2D eigenvalue weighted by molar-refractivity contribution is 0.277. The van der Waals surface area contributed by atoms with Crippen molar-refractivity contribution >= 4 is 25.6 Å². The van der Waals surface area contributed by atoms with Crippen LogP contribution in [0.1, 0.15) is 26.3 Å². The predicted molar refractivity (Wildman–Crippen MR) is 116 cm³/mol. The molecule has 2 rings (SSSR count). The van der Waals surface area contributed by atoms with Gasteiger partial charge in [-0.05, 0) is 30.3 Å². The lowest BCUT2D eigenvalue weighted by Gasteiger charge is -2.37. The topological polar surface area (TPSA) is 39.7 Å². The molecule has 8 heteroatoms. The van der Waals surface area contributed by atoms with Crippen molar-refractivity contribution in [1.29, 1.82) is 0 Å². The molecule has 0 saturated carbocycles. The van der Waals surface area contributed by atoms with Crippen molar-refractivity contribution in [2.45, 2.75) is 45.5 Å². The summed E-state index contributed by atoms with van der Waals surface area (Å²) in [5.74, 6) is -0.905. The fraction of sp³-hybridized carbons (Fsp3) is 0.429. The van der Waals surface area contributed by atoms with Crippen LogP contribution in [0.5, 0.6) is 17.2 Å². The van der Waals surface area contributed by atoms with Gasteiger partial charge in [-0.2, -0.15) is 0 Å². The molecule has 0 bridgehead atoms. The first-order valence-corrected chi connectivity index (χ1v) is 12.5. The molecular weight excluding hydrogens is 416 g/mol. The molecule has 0 radical (unpaired) electrons. The lowest BCUT2D eigenvalue weighted by Crippen LogP contribution is -2.43. The summed E-state index contributed by atoms with van der Waals surface area (Å²) in [6.45, 7) is 10.3. The maximum absolute atomic E-state index is 14.3. The van der Waals surface area contributed by atoms with Crippen molar-refractivity contribution in [3.05, 3.63) is 46.5 Å². The predicted octanol–water partition coefficient (Wildman–Crippen LogP) is 6.63. The summed E-state index contributed by atoms with van der Waals surface area (Å²) in [5.41, 5.74) is 0.627. The summed E-state index contributed by atoms with van der Waals surface area (Å²) in [7, 11) is 0.932. The van der Waals surface area contributed by atoms with Gasteiger partial charge in [-0.25, -0.2) is 8.78 Å². The third kappa shape index (κ3) is 5.14. The number of hydrogen-bond acceptors (Lipinski definition) is 4. The van der Waals surface area contributed by atoms with Crippen LogP contribution in [-0.2, 0) is 6.61 Å². The summed E-state index contributed by atoms with van der Waals surface area (Å²) >= 11 is 6.34. The van der Waals surface area contributed by atoms with Crippen LogP contribution in [0.15, 0.2) is 24.3 Å². The van der Waals surface area contributed by atoms with Crippen LogP contribution in [0.2, 0.25) is 23.2 Å². The highest BCUT2D eigenvalue weighted by Gasteiger charge is 2.39. The molecule has 0 fully saturated rings. The Labute approximate surface area is 177 Å². The van der Waals surface area contributed by atoms with Crippen LogP contribution >= 0.6 is 11.6 Å². The van der Waals surface area contributed by atoms with E-state index in [1.807, 2.05) is 0 Å². The van der Waals surface area contributed by atoms with Gasteiger partial charge in [0.1, 0.15) is 18.1 Å². The smallest absolute Gasteiger partial charge is 0.250 e. The van der Waals surface area contributed by atoms with E-state index in [0.29, 0.717) is 22.2 Å². The highest BCUT2D eigenvalue weighted by Crippen LogP contribution is 2.43. The average Bonchev–Trinajstić information content (AvgIpc) is 2.63. The molecule has 1 N–H and O–H groups in total. The second-order valence-corrected chi connectivity index (χ2v) is 13.4. The quantitative estimate of drug-likeness (QED) is 0.487. The molecular formula is C21H28ClF2NO3Si. The molecule has 0 heterocycles. The monoisotopic (exact) mass is 443 g/mol. The zero-order valence-electron chi connectivity index (χ0n) is 17.9. The third-order valence-electron chi connectivity index (χ3n) is 5.22. The van der Waals surface area contributed by atoms with Gasteiger partial charge in [0.05, 0.1) is 23.4 Å². The Bertz CT molecular complexity index is 885. The number of anilines is 1. The highest BCUT2D eigenvalue weighted by atomic mass is 35.5. The number of nitrogens with one attached hydrogen (secondary N) is 1. The van der Waals surface area contributed by atoms with E-state index in [0.717, 1.165) is 6.07 Å². The third-order valence-corrected chi connectivity index (χ3v) is 9.87. The van der Waals surface area contributed by atoms with Crippen LogP contribution in [0, 0.1) is 11.6 Å². The maximum Gasteiger partial charge on any atom is 0.250 e. The van der Waals surface area contributed by atoms with Gasteiger partial charge >= 0.3 is 0 Å². The summed E-state index contributed by atoms with van der Waals surface area (Å²) in [6.07, 6.45) is 0. The molecule has 160 valence electrons. The van der Waals surface area contributed by atoms with Gasteiger partial charge in [0.2, 0.25) is 0 Å². The second-order valence-electron chi connectivity index (χ2n) is 8.22. The minimum absolute atomic E-state index is 0.00765. The van der Waals surface area contributed by atoms with Gasteiger partial charge in [-0.15, -0.1) is 0 Å². The fourth-order valence-corrected chi connectivity index (χ4v) is 3.66. The first-order valence-electron chi connectivity index (χ1n) is 9.25. The molecule has 0 saturated heterocycles. The highest BCUT2D eigenvalue weighted by molar-refractivity contribution is 6.74. The van der Waals surface area contributed by atoms with Gasteiger partial charge in [0, 0.05) is 19.2 Å². The standard InChI is InChI=1S/C21H28ClF2NO3Si/c1-21(2,3)29(6,7)28-19-10-14(22)16(25-4)11-18(19)27-12-13-17(26-5)9-8-15(23)20(13)24/h8-11,25H,12H2,1-7H3. The van der Waals surface area contributed by atoms with Crippen molar-refractivity contribution < 1.29 is 22.7 Å².